The Morgan fingerprint density at radius 2 is 2.00 bits per heavy atom. The first-order valence-corrected chi connectivity index (χ1v) is 4.62. The van der Waals surface area contributed by atoms with E-state index in [1.807, 2.05) is 6.07 Å². The predicted molar refractivity (Wildman–Crippen MR) is 59.0 cm³/mol. The highest BCUT2D eigenvalue weighted by atomic mass is 15.5. The van der Waals surface area contributed by atoms with Crippen molar-refractivity contribution in [2.45, 2.75) is 25.8 Å². The Balaban J connectivity index is 3.08. The Bertz CT molecular complexity index is 424. The summed E-state index contributed by atoms with van der Waals surface area (Å²) >= 11 is 0. The second kappa shape index (κ2) is 4.07. The highest BCUT2D eigenvalue weighted by molar-refractivity contribution is 5.29. The first kappa shape index (κ1) is 12.4. The molecular formula is C8H16N8. The summed E-state index contributed by atoms with van der Waals surface area (Å²) in [5, 5.41) is 8.80. The summed E-state index contributed by atoms with van der Waals surface area (Å²) in [4.78, 5) is 4.02. The molecule has 0 bridgehead atoms. The molecule has 1 aromatic heterocycles. The van der Waals surface area contributed by atoms with Gasteiger partial charge in [0.15, 0.2) is 11.5 Å². The second-order valence-electron chi connectivity index (χ2n) is 3.61. The van der Waals surface area contributed by atoms with Crippen molar-refractivity contribution >= 4 is 0 Å². The molecule has 0 amide bonds. The molecule has 0 radical (unpaired) electrons. The minimum absolute atomic E-state index is 0.298. The maximum Gasteiger partial charge on any atom is 0.181 e. The number of imidazole rings is 1. The van der Waals surface area contributed by atoms with Gasteiger partial charge >= 0.3 is 0 Å². The first-order chi connectivity index (χ1) is 7.29. The molecule has 0 aliphatic carbocycles. The Labute approximate surface area is 93.2 Å². The van der Waals surface area contributed by atoms with E-state index >= 15 is 0 Å². The van der Waals surface area contributed by atoms with Crippen LogP contribution in [0, 0.1) is 25.2 Å². The van der Waals surface area contributed by atoms with Gasteiger partial charge in [0.2, 0.25) is 0 Å². The number of hydrogen-bond acceptors (Lipinski definition) is 7. The normalized spacial score (nSPS) is 11.6. The van der Waals surface area contributed by atoms with Gasteiger partial charge in [0, 0.05) is 0 Å². The fraction of sp³-hybridized carbons (Fsp3) is 0.500. The van der Waals surface area contributed by atoms with Gasteiger partial charge in [0.05, 0.1) is 5.69 Å². The van der Waals surface area contributed by atoms with Crippen LogP contribution in [-0.4, -0.2) is 21.6 Å². The summed E-state index contributed by atoms with van der Waals surface area (Å²) in [6.45, 7) is 3.42. The van der Waals surface area contributed by atoms with Gasteiger partial charge in [0.25, 0.3) is 0 Å². The SMILES string of the molecule is Cc1nc(C#N)c(C)n1NC(N)(N)C(N)N. The molecule has 1 rings (SSSR count). The fourth-order valence-electron chi connectivity index (χ4n) is 1.18. The quantitative estimate of drug-likeness (QED) is 0.362. The van der Waals surface area contributed by atoms with E-state index in [1.165, 1.54) is 4.68 Å². The van der Waals surface area contributed by atoms with Crippen LogP contribution in [0.25, 0.3) is 0 Å². The minimum atomic E-state index is -1.48. The molecule has 0 fully saturated rings. The largest absolute Gasteiger partial charge is 0.312 e. The molecule has 8 nitrogen and oxygen atoms in total. The number of hydrogen-bond donors (Lipinski definition) is 5. The van der Waals surface area contributed by atoms with Crippen molar-refractivity contribution in [2.24, 2.45) is 22.9 Å². The molecule has 0 atom stereocenters. The van der Waals surface area contributed by atoms with Crippen LogP contribution in [0.3, 0.4) is 0 Å². The lowest BCUT2D eigenvalue weighted by atomic mass is 10.3. The van der Waals surface area contributed by atoms with Crippen molar-refractivity contribution < 1.29 is 0 Å². The number of nitrogens with zero attached hydrogens (tertiary/aromatic N) is 3. The third-order valence-corrected chi connectivity index (χ3v) is 2.24. The van der Waals surface area contributed by atoms with Gasteiger partial charge in [-0.3, -0.25) is 16.9 Å². The van der Waals surface area contributed by atoms with Gasteiger partial charge in [-0.1, -0.05) is 0 Å². The molecule has 88 valence electrons. The van der Waals surface area contributed by atoms with Crippen molar-refractivity contribution in [1.82, 2.24) is 9.66 Å². The summed E-state index contributed by atoms with van der Waals surface area (Å²) in [7, 11) is 0. The summed E-state index contributed by atoms with van der Waals surface area (Å²) < 4.78 is 1.49. The molecule has 0 aromatic carbocycles. The predicted octanol–water partition coefficient (Wildman–Crippen LogP) is -2.27. The molecule has 0 saturated carbocycles. The van der Waals surface area contributed by atoms with Crippen molar-refractivity contribution in [1.29, 1.82) is 5.26 Å². The molecule has 1 heterocycles. The molecule has 0 saturated heterocycles. The molecule has 1 aromatic rings. The third-order valence-electron chi connectivity index (χ3n) is 2.24. The Kier molecular flexibility index (Phi) is 3.16. The number of rotatable bonds is 3. The molecule has 0 unspecified atom stereocenters. The van der Waals surface area contributed by atoms with E-state index in [4.69, 9.17) is 28.2 Å². The van der Waals surface area contributed by atoms with Gasteiger partial charge < -0.3 is 11.5 Å². The van der Waals surface area contributed by atoms with Gasteiger partial charge in [-0.15, -0.1) is 0 Å². The van der Waals surface area contributed by atoms with E-state index in [1.54, 1.807) is 13.8 Å². The number of aromatic nitrogens is 2. The zero-order chi connectivity index (χ0) is 12.5. The van der Waals surface area contributed by atoms with Crippen molar-refractivity contribution in [3.63, 3.8) is 0 Å². The third kappa shape index (κ3) is 2.12. The number of nitrogens with one attached hydrogen (secondary N) is 1. The van der Waals surface area contributed by atoms with Crippen LogP contribution in [0.4, 0.5) is 0 Å². The van der Waals surface area contributed by atoms with Crippen LogP contribution in [0.15, 0.2) is 0 Å². The number of aryl methyl sites for hydroxylation is 1. The molecule has 8 heteroatoms. The summed E-state index contributed by atoms with van der Waals surface area (Å²) in [6, 6.07) is 1.96. The highest BCUT2D eigenvalue weighted by Gasteiger charge is 2.26. The highest BCUT2D eigenvalue weighted by Crippen LogP contribution is 2.08. The van der Waals surface area contributed by atoms with Gasteiger partial charge in [-0.25, -0.2) is 9.66 Å². The van der Waals surface area contributed by atoms with Crippen LogP contribution >= 0.6 is 0 Å². The van der Waals surface area contributed by atoms with Gasteiger partial charge in [0.1, 0.15) is 18.1 Å². The average molecular weight is 224 g/mol. The molecule has 0 spiro atoms. The van der Waals surface area contributed by atoms with E-state index in [-0.39, 0.29) is 0 Å². The van der Waals surface area contributed by atoms with E-state index < -0.39 is 12.0 Å². The van der Waals surface area contributed by atoms with Gasteiger partial charge in [-0.2, -0.15) is 5.26 Å². The lowest BCUT2D eigenvalue weighted by molar-refractivity contribution is 0.370. The fourth-order valence-corrected chi connectivity index (χ4v) is 1.18. The molecule has 0 aliphatic rings. The summed E-state index contributed by atoms with van der Waals surface area (Å²) in [5.74, 6) is -0.932. The van der Waals surface area contributed by atoms with Gasteiger partial charge in [-0.05, 0) is 13.8 Å². The summed E-state index contributed by atoms with van der Waals surface area (Å²) in [6.07, 6.45) is -0.959. The van der Waals surface area contributed by atoms with E-state index in [2.05, 4.69) is 10.4 Å². The monoisotopic (exact) mass is 224 g/mol. The lowest BCUT2D eigenvalue weighted by Crippen LogP contribution is -2.72. The topological polar surface area (TPSA) is 158 Å². The maximum absolute atomic E-state index is 8.80. The van der Waals surface area contributed by atoms with Crippen LogP contribution in [0.1, 0.15) is 17.2 Å². The summed E-state index contributed by atoms with van der Waals surface area (Å²) in [5.41, 5.74) is 25.8. The van der Waals surface area contributed by atoms with Crippen molar-refractivity contribution in [3.05, 3.63) is 17.2 Å². The van der Waals surface area contributed by atoms with Crippen LogP contribution < -0.4 is 28.4 Å². The Morgan fingerprint density at radius 1 is 1.44 bits per heavy atom. The molecule has 9 N–H and O–H groups in total. The molecule has 16 heavy (non-hydrogen) atoms. The minimum Gasteiger partial charge on any atom is -0.312 e. The van der Waals surface area contributed by atoms with Crippen LogP contribution in [0.2, 0.25) is 0 Å². The Morgan fingerprint density at radius 3 is 2.38 bits per heavy atom. The maximum atomic E-state index is 8.80. The zero-order valence-electron chi connectivity index (χ0n) is 9.23. The number of nitriles is 1. The number of nitrogens with two attached hydrogens (primary N) is 4. The molecular weight excluding hydrogens is 208 g/mol. The first-order valence-electron chi connectivity index (χ1n) is 4.62. The zero-order valence-corrected chi connectivity index (χ0v) is 9.23. The van der Waals surface area contributed by atoms with Crippen molar-refractivity contribution in [3.8, 4) is 6.07 Å². The lowest BCUT2D eigenvalue weighted by Gasteiger charge is -2.31. The smallest absolute Gasteiger partial charge is 0.181 e. The average Bonchev–Trinajstić information content (AvgIpc) is 2.44. The standard InChI is InChI=1S/C8H16N8/c1-4-6(3-9)14-5(2)16(4)15-8(12,13)7(10)11/h7,15H,10-13H2,1-2H3. The van der Waals surface area contributed by atoms with Crippen LogP contribution in [-0.2, 0) is 0 Å². The van der Waals surface area contributed by atoms with E-state index in [0.717, 1.165) is 0 Å². The second-order valence-corrected chi connectivity index (χ2v) is 3.61. The van der Waals surface area contributed by atoms with Crippen LogP contribution in [0.5, 0.6) is 0 Å². The molecule has 0 aliphatic heterocycles. The van der Waals surface area contributed by atoms with E-state index in [9.17, 15) is 0 Å². The van der Waals surface area contributed by atoms with E-state index in [0.29, 0.717) is 17.2 Å². The van der Waals surface area contributed by atoms with Crippen molar-refractivity contribution in [2.75, 3.05) is 5.43 Å². The Hall–Kier alpha value is -1.66.